The molecule has 0 N–H and O–H groups in total. The van der Waals surface area contributed by atoms with E-state index in [1.165, 1.54) is 56.1 Å². The van der Waals surface area contributed by atoms with Gasteiger partial charge in [-0.15, -0.1) is 0 Å². The number of benzene rings is 1. The Hall–Kier alpha value is -0.940. The van der Waals surface area contributed by atoms with Crippen LogP contribution in [0, 0.1) is 41.4 Å². The largest absolute Gasteiger partial charge is 0.358 e. The van der Waals surface area contributed by atoms with Crippen LogP contribution in [0.5, 0.6) is 0 Å². The molecule has 7 nitrogen and oxygen atoms in total. The summed E-state index contributed by atoms with van der Waals surface area (Å²) in [4.78, 5) is 0. The Bertz CT molecular complexity index is 2780. The van der Waals surface area contributed by atoms with E-state index in [1.54, 1.807) is 0 Å². The van der Waals surface area contributed by atoms with Crippen LogP contribution in [0.15, 0.2) is 219 Å². The van der Waals surface area contributed by atoms with E-state index in [1.807, 2.05) is 80.7 Å². The summed E-state index contributed by atoms with van der Waals surface area (Å²) in [5, 5.41) is 0. The minimum absolute atomic E-state index is 0.0229. The molecule has 0 aromatic heterocycles. The van der Waals surface area contributed by atoms with Crippen LogP contribution in [0.25, 0.3) is 0 Å². The van der Waals surface area contributed by atoms with Crippen molar-refractivity contribution >= 4 is 106 Å². The van der Waals surface area contributed by atoms with Gasteiger partial charge in [-0.05, 0) is 131 Å². The first-order valence-corrected chi connectivity index (χ1v) is 52.5. The van der Waals surface area contributed by atoms with Gasteiger partial charge in [0, 0.05) is 66.7 Å². The van der Waals surface area contributed by atoms with Crippen LogP contribution in [0.3, 0.4) is 0 Å². The van der Waals surface area contributed by atoms with Gasteiger partial charge in [0.15, 0.2) is 0 Å². The zero-order valence-corrected chi connectivity index (χ0v) is 79.4. The molecule has 1 aliphatic rings. The summed E-state index contributed by atoms with van der Waals surface area (Å²) in [6.45, 7) is 23.7. The summed E-state index contributed by atoms with van der Waals surface area (Å²) in [5.74, 6) is 14.7. The number of hydrogen-bond acceptors (Lipinski definition) is 7. The smallest absolute Gasteiger partial charge is 0.107 e. The number of hydrogen-bond donors (Lipinski definition) is 0. The van der Waals surface area contributed by atoms with Gasteiger partial charge in [-0.2, -0.15) is 0 Å². The molecule has 19 heteroatoms. The lowest BCUT2D eigenvalue weighted by molar-refractivity contribution is 0.102. The molecule has 0 saturated heterocycles. The molecular weight excluding hydrogens is 1520 g/mol. The molecule has 590 valence electrons. The van der Waals surface area contributed by atoms with E-state index >= 15 is 0 Å². The maximum atomic E-state index is 6.08. The molecule has 21 unspecified atom stereocenters. The topological polar surface area (TPSA) is 64.6 Å². The third-order valence-electron chi connectivity index (χ3n) is 15.7. The Labute approximate surface area is 670 Å². The normalized spacial score (nSPS) is 16.9. The number of allylic oxidation sites excluding steroid dienone is 25. The molecule has 21 atom stereocenters. The number of aryl methyl sites for hydroxylation is 1. The van der Waals surface area contributed by atoms with E-state index in [0.29, 0.717) is 31.4 Å². The molecule has 1 aromatic rings. The molecule has 1 aliphatic carbocycles. The van der Waals surface area contributed by atoms with Gasteiger partial charge in [-0.1, -0.05) is 396 Å². The minimum atomic E-state index is -0.569. The monoisotopic (exact) mass is 1660 g/mol. The van der Waals surface area contributed by atoms with E-state index in [0.717, 1.165) is 115 Å². The van der Waals surface area contributed by atoms with Crippen molar-refractivity contribution in [1.82, 2.24) is 0 Å². The highest BCUT2D eigenvalue weighted by Gasteiger charge is 2.33. The van der Waals surface area contributed by atoms with Crippen molar-refractivity contribution in [1.29, 1.82) is 0 Å². The first-order valence-electron chi connectivity index (χ1n) is 38.4. The molecule has 0 heterocycles. The van der Waals surface area contributed by atoms with Crippen LogP contribution < -0.4 is 0 Å². The summed E-state index contributed by atoms with van der Waals surface area (Å²) in [6, 6.07) is 8.65. The molecule has 0 spiro atoms. The van der Waals surface area contributed by atoms with E-state index in [9.17, 15) is 0 Å². The number of rotatable bonds is 53. The molecule has 1 aromatic carbocycles. The predicted octanol–water partition coefficient (Wildman–Crippen LogP) is 29.6. The average molecular weight is 1660 g/mol. The molecule has 1 saturated carbocycles. The Morgan fingerprint density at radius 3 is 1.66 bits per heavy atom. The lowest BCUT2D eigenvalue weighted by Gasteiger charge is -2.26. The van der Waals surface area contributed by atoms with Crippen molar-refractivity contribution in [3.63, 3.8) is 0 Å². The van der Waals surface area contributed by atoms with Crippen LogP contribution in [0.1, 0.15) is 235 Å². The average Bonchev–Trinajstić information content (AvgIpc) is 1.71. The minimum Gasteiger partial charge on any atom is -0.358 e. The SMILES string of the molecule is CC.CC/C=C\CC(/C=C/C=C\C=C\C(C/C=C\C/C=C\CCC)OP)OPP.CCCCC(/C=C/C=C\CCc1ccccc1C(CC)OPP)OP.CCCCC(OP(P)P)C(/C=C/C=C/C=C/CC#C/C=C/C(C)CC)OPP.CCCCC1CC1/C=C/C=C/C=C\CC#C/C=C/C(CC)OP. The van der Waals surface area contributed by atoms with E-state index in [4.69, 9.17) is 31.7 Å². The van der Waals surface area contributed by atoms with Gasteiger partial charge in [0.1, 0.15) is 6.10 Å². The van der Waals surface area contributed by atoms with Crippen LogP contribution in [0.4, 0.5) is 0 Å². The zero-order chi connectivity index (χ0) is 78.1. The maximum Gasteiger partial charge on any atom is 0.107 e. The van der Waals surface area contributed by atoms with Gasteiger partial charge in [0.2, 0.25) is 0 Å². The van der Waals surface area contributed by atoms with Crippen LogP contribution in [-0.2, 0) is 38.1 Å². The fourth-order valence-electron chi connectivity index (χ4n) is 9.39. The van der Waals surface area contributed by atoms with Gasteiger partial charge in [-0.25, -0.2) is 0 Å². The van der Waals surface area contributed by atoms with Crippen LogP contribution >= 0.6 is 106 Å². The zero-order valence-electron chi connectivity index (χ0n) is 66.2. The second-order valence-electron chi connectivity index (χ2n) is 24.2. The Kier molecular flexibility index (Phi) is 89.7. The third kappa shape index (κ3) is 71.8. The summed E-state index contributed by atoms with van der Waals surface area (Å²) in [6.07, 6.45) is 93.2. The third-order valence-corrected chi connectivity index (χ3v) is 20.5. The lowest BCUT2D eigenvalue weighted by Crippen LogP contribution is -2.26. The molecule has 0 radical (unpaired) electrons. The van der Waals surface area contributed by atoms with Gasteiger partial charge >= 0.3 is 0 Å². The second kappa shape index (κ2) is 87.0. The lowest BCUT2D eigenvalue weighted by atomic mass is 9.97. The van der Waals surface area contributed by atoms with Crippen LogP contribution in [-0.4, -0.2) is 36.6 Å². The van der Waals surface area contributed by atoms with Gasteiger partial charge in [0.25, 0.3) is 0 Å². The highest BCUT2D eigenvalue weighted by molar-refractivity contribution is 8.41. The van der Waals surface area contributed by atoms with E-state index in [-0.39, 0.29) is 42.7 Å². The highest BCUT2D eigenvalue weighted by Crippen LogP contribution is 2.55. The number of unbranched alkanes of at least 4 members (excludes halogenated alkanes) is 4. The van der Waals surface area contributed by atoms with Gasteiger partial charge < -0.3 is 31.7 Å². The highest BCUT2D eigenvalue weighted by atomic mass is 32.4. The van der Waals surface area contributed by atoms with Crippen molar-refractivity contribution in [3.8, 4) is 23.7 Å². The maximum absolute atomic E-state index is 6.08. The van der Waals surface area contributed by atoms with Gasteiger partial charge in [0.05, 0.1) is 44.1 Å². The molecule has 1 fully saturated rings. The Morgan fingerprint density at radius 2 is 1.07 bits per heavy atom. The first-order chi connectivity index (χ1) is 51.4. The first kappa shape index (κ1) is 108. The summed E-state index contributed by atoms with van der Waals surface area (Å²) in [5.41, 5.74) is 2.72. The van der Waals surface area contributed by atoms with Crippen molar-refractivity contribution in [3.05, 3.63) is 230 Å². The second-order valence-corrected chi connectivity index (χ2v) is 34.3. The summed E-state index contributed by atoms with van der Waals surface area (Å²) < 4.78 is 39.5. The fourth-order valence-corrected chi connectivity index (χ4v) is 14.3. The van der Waals surface area contributed by atoms with E-state index < -0.39 is 7.53 Å². The molecule has 0 aliphatic heterocycles. The Morgan fingerprint density at radius 1 is 0.514 bits per heavy atom. The molecule has 2 rings (SSSR count). The summed E-state index contributed by atoms with van der Waals surface area (Å²) in [7, 11) is 21.1. The molecular formula is C86H144O7P12. The summed E-state index contributed by atoms with van der Waals surface area (Å²) >= 11 is 0. The van der Waals surface area contributed by atoms with Crippen molar-refractivity contribution in [2.24, 2.45) is 17.8 Å². The van der Waals surface area contributed by atoms with Crippen LogP contribution in [0.2, 0.25) is 0 Å². The fraction of sp³-hybridized carbons (Fsp3) is 0.512. The Balaban J connectivity index is -0.00000131. The molecule has 105 heavy (non-hydrogen) atoms. The van der Waals surface area contributed by atoms with Crippen molar-refractivity contribution in [2.75, 3.05) is 0 Å². The van der Waals surface area contributed by atoms with Gasteiger partial charge in [-0.3, -0.25) is 0 Å². The van der Waals surface area contributed by atoms with E-state index in [2.05, 4.69) is 311 Å². The van der Waals surface area contributed by atoms with Crippen molar-refractivity contribution < 1.29 is 31.7 Å². The standard InChI is InChI=1S/C22H37O2P3.C21H37O2P5.C21H31OP.C20H33O2P3.C2H6/c1-3-5-7-8-9-10-14-17-21(23-25)18-15-11-12-16-20-22(24-27-26)19-13-6-4-2;1-4-6-17-21(23-28(25)26)20(22-27-24)18-15-13-11-9-7-8-10-12-14-16-19(3)5-2;1-3-5-15-19-18-20(19)16-13-11-9-7-6-8-10-12-14-17-21(4-2)22-23;1-3-5-14-18(21-23)15-9-7-6-8-12-17-13-10-11-16-19(17)20(4-2)22-25-24;1-2/h6-8,10-16,18,20-22,27H,3-5,9,17,19,25-26H2,1-2H3;7,9,11,13-16,18-21,27H,4-6,8,17,24-26H2,1-3H3;6-7,9,11,13-14,16-17,19-21H,3-5,8,15,18,23H2,1-2H3;6-7,9-11,13,15-16,18,20,25H,3-5,8,12,14,23-24H2,1-2H3;1-2H3/b8-7-,12-11-,13-6-,14-10-,18-15+,20-16+;9-7+,13-11+,16-14+,18-15+;7-6-,11-9+,16-13+,17-14+;7-6-,15-9+;. The van der Waals surface area contributed by atoms with Crippen molar-refractivity contribution in [2.45, 2.75) is 267 Å². The molecule has 0 amide bonds. The molecule has 0 bridgehead atoms. The predicted molar refractivity (Wildman–Crippen MR) is 509 cm³/mol. The quantitative estimate of drug-likeness (QED) is 0.0279.